The Morgan fingerprint density at radius 2 is 1.95 bits per heavy atom. The summed E-state index contributed by atoms with van der Waals surface area (Å²) in [5.41, 5.74) is 1.44. The number of carbonyl (C=O) groups excluding carboxylic acids is 1. The molecule has 2 aliphatic rings. The second kappa shape index (κ2) is 7.75. The van der Waals surface area contributed by atoms with E-state index in [-0.39, 0.29) is 11.8 Å². The Morgan fingerprint density at radius 3 is 2.73 bits per heavy atom. The smallest absolute Gasteiger partial charge is 0.223 e. The van der Waals surface area contributed by atoms with Gasteiger partial charge >= 0.3 is 0 Å². The van der Waals surface area contributed by atoms with Crippen molar-refractivity contribution in [1.29, 1.82) is 0 Å². The van der Waals surface area contributed by atoms with Crippen LogP contribution < -0.4 is 5.32 Å². The Labute approximate surface area is 132 Å². The molecule has 0 unspecified atom stereocenters. The van der Waals surface area contributed by atoms with Crippen LogP contribution in [0.15, 0.2) is 30.3 Å². The molecule has 0 aromatic heterocycles. The van der Waals surface area contributed by atoms with E-state index in [1.165, 1.54) is 12.0 Å². The molecule has 1 amide bonds. The van der Waals surface area contributed by atoms with Crippen LogP contribution in [-0.2, 0) is 9.53 Å². The van der Waals surface area contributed by atoms with Crippen LogP contribution in [-0.4, -0.2) is 50.2 Å². The molecule has 0 bridgehead atoms. The molecule has 1 atom stereocenters. The van der Waals surface area contributed by atoms with Gasteiger partial charge in [-0.3, -0.25) is 4.79 Å². The third kappa shape index (κ3) is 4.08. The molecule has 3 rings (SSSR count). The molecular formula is C18H26N2O2. The molecule has 22 heavy (non-hydrogen) atoms. The van der Waals surface area contributed by atoms with Gasteiger partial charge in [-0.1, -0.05) is 30.3 Å². The second-order valence-electron chi connectivity index (χ2n) is 6.37. The van der Waals surface area contributed by atoms with E-state index in [1.807, 2.05) is 0 Å². The summed E-state index contributed by atoms with van der Waals surface area (Å²) in [7, 11) is 0. The summed E-state index contributed by atoms with van der Waals surface area (Å²) in [6.45, 7) is 5.41. The van der Waals surface area contributed by atoms with Gasteiger partial charge < -0.3 is 15.0 Å². The zero-order valence-electron chi connectivity index (χ0n) is 13.2. The van der Waals surface area contributed by atoms with Gasteiger partial charge in [0.2, 0.25) is 5.91 Å². The fourth-order valence-corrected chi connectivity index (χ4v) is 3.47. The summed E-state index contributed by atoms with van der Waals surface area (Å²) >= 11 is 0. The van der Waals surface area contributed by atoms with E-state index < -0.39 is 0 Å². The van der Waals surface area contributed by atoms with Gasteiger partial charge in [-0.25, -0.2) is 0 Å². The van der Waals surface area contributed by atoms with E-state index in [0.29, 0.717) is 5.92 Å². The van der Waals surface area contributed by atoms with E-state index in [9.17, 15) is 4.79 Å². The van der Waals surface area contributed by atoms with Crippen molar-refractivity contribution in [3.05, 3.63) is 35.9 Å². The molecule has 1 N–H and O–H groups in total. The van der Waals surface area contributed by atoms with Crippen LogP contribution in [0.5, 0.6) is 0 Å². The van der Waals surface area contributed by atoms with Crippen LogP contribution in [0.1, 0.15) is 30.7 Å². The summed E-state index contributed by atoms with van der Waals surface area (Å²) in [6, 6.07) is 10.8. The predicted molar refractivity (Wildman–Crippen MR) is 86.8 cm³/mol. The molecular weight excluding hydrogens is 276 g/mol. The van der Waals surface area contributed by atoms with Gasteiger partial charge in [0.25, 0.3) is 0 Å². The zero-order chi connectivity index (χ0) is 15.2. The summed E-state index contributed by atoms with van der Waals surface area (Å²) in [5.74, 6) is 1.01. The molecule has 120 valence electrons. The van der Waals surface area contributed by atoms with Crippen LogP contribution in [0.4, 0.5) is 0 Å². The number of ether oxygens (including phenoxy) is 1. The Kier molecular flexibility index (Phi) is 5.46. The van der Waals surface area contributed by atoms with Crippen molar-refractivity contribution in [2.24, 2.45) is 5.92 Å². The molecule has 0 spiro atoms. The second-order valence-corrected chi connectivity index (χ2v) is 6.37. The number of rotatable bonds is 5. The lowest BCUT2D eigenvalue weighted by Crippen LogP contribution is -2.38. The largest absolute Gasteiger partial charge is 0.381 e. The van der Waals surface area contributed by atoms with Crippen molar-refractivity contribution in [1.82, 2.24) is 10.2 Å². The van der Waals surface area contributed by atoms with Crippen molar-refractivity contribution in [2.75, 3.05) is 39.4 Å². The van der Waals surface area contributed by atoms with Crippen LogP contribution in [0.3, 0.4) is 0 Å². The van der Waals surface area contributed by atoms with E-state index in [4.69, 9.17) is 4.74 Å². The number of hydrogen-bond donors (Lipinski definition) is 1. The number of hydrogen-bond acceptors (Lipinski definition) is 3. The van der Waals surface area contributed by atoms with Gasteiger partial charge in [0, 0.05) is 38.8 Å². The SMILES string of the molecule is O=C(NCCN1CC[C@@H](c2ccccc2)C1)C1CCOCC1. The van der Waals surface area contributed by atoms with E-state index >= 15 is 0 Å². The van der Waals surface area contributed by atoms with Crippen LogP contribution >= 0.6 is 0 Å². The molecule has 2 heterocycles. The first kappa shape index (κ1) is 15.5. The van der Waals surface area contributed by atoms with Gasteiger partial charge in [0.15, 0.2) is 0 Å². The van der Waals surface area contributed by atoms with Crippen LogP contribution in [0.2, 0.25) is 0 Å². The van der Waals surface area contributed by atoms with Crippen molar-refractivity contribution < 1.29 is 9.53 Å². The topological polar surface area (TPSA) is 41.6 Å². The molecule has 0 radical (unpaired) electrons. The molecule has 1 aromatic carbocycles. The van der Waals surface area contributed by atoms with Gasteiger partial charge in [0.05, 0.1) is 0 Å². The molecule has 2 aliphatic heterocycles. The number of nitrogens with one attached hydrogen (secondary N) is 1. The molecule has 0 saturated carbocycles. The number of carbonyl (C=O) groups is 1. The van der Waals surface area contributed by atoms with Gasteiger partial charge in [0.1, 0.15) is 0 Å². The molecule has 4 heteroatoms. The van der Waals surface area contributed by atoms with E-state index in [0.717, 1.165) is 52.2 Å². The Bertz CT molecular complexity index is 471. The lowest BCUT2D eigenvalue weighted by molar-refractivity contribution is -0.127. The maximum Gasteiger partial charge on any atom is 0.223 e. The minimum atomic E-state index is 0.157. The van der Waals surface area contributed by atoms with Gasteiger partial charge in [-0.2, -0.15) is 0 Å². The van der Waals surface area contributed by atoms with Crippen LogP contribution in [0.25, 0.3) is 0 Å². The van der Waals surface area contributed by atoms with E-state index in [2.05, 4.69) is 40.5 Å². The minimum Gasteiger partial charge on any atom is -0.381 e. The Morgan fingerprint density at radius 1 is 1.18 bits per heavy atom. The first-order chi connectivity index (χ1) is 10.8. The highest BCUT2D eigenvalue weighted by Crippen LogP contribution is 2.26. The number of nitrogens with zero attached hydrogens (tertiary/aromatic N) is 1. The van der Waals surface area contributed by atoms with Crippen molar-refractivity contribution in [2.45, 2.75) is 25.2 Å². The lowest BCUT2D eigenvalue weighted by atomic mass is 9.99. The lowest BCUT2D eigenvalue weighted by Gasteiger charge is -2.22. The third-order valence-corrected chi connectivity index (χ3v) is 4.86. The predicted octanol–water partition coefficient (Wildman–Crippen LogP) is 2.02. The Hall–Kier alpha value is -1.39. The van der Waals surface area contributed by atoms with E-state index in [1.54, 1.807) is 0 Å². The van der Waals surface area contributed by atoms with Crippen molar-refractivity contribution in [3.8, 4) is 0 Å². The quantitative estimate of drug-likeness (QED) is 0.905. The highest BCUT2D eigenvalue weighted by atomic mass is 16.5. The van der Waals surface area contributed by atoms with Crippen molar-refractivity contribution >= 4 is 5.91 Å². The van der Waals surface area contributed by atoms with Gasteiger partial charge in [-0.05, 0) is 37.3 Å². The normalized spacial score (nSPS) is 23.5. The summed E-state index contributed by atoms with van der Waals surface area (Å²) in [5, 5.41) is 3.10. The Balaban J connectivity index is 1.37. The molecule has 2 fully saturated rings. The summed E-state index contributed by atoms with van der Waals surface area (Å²) in [6.07, 6.45) is 2.95. The number of likely N-dealkylation sites (tertiary alicyclic amines) is 1. The fraction of sp³-hybridized carbons (Fsp3) is 0.611. The number of amides is 1. The number of benzene rings is 1. The first-order valence-electron chi connectivity index (χ1n) is 8.45. The third-order valence-electron chi connectivity index (χ3n) is 4.86. The highest BCUT2D eigenvalue weighted by molar-refractivity contribution is 5.78. The maximum absolute atomic E-state index is 12.1. The monoisotopic (exact) mass is 302 g/mol. The summed E-state index contributed by atoms with van der Waals surface area (Å²) in [4.78, 5) is 14.5. The highest BCUT2D eigenvalue weighted by Gasteiger charge is 2.24. The first-order valence-corrected chi connectivity index (χ1v) is 8.45. The summed E-state index contributed by atoms with van der Waals surface area (Å²) < 4.78 is 5.30. The maximum atomic E-state index is 12.1. The molecule has 4 nitrogen and oxygen atoms in total. The molecule has 2 saturated heterocycles. The zero-order valence-corrected chi connectivity index (χ0v) is 13.2. The molecule has 0 aliphatic carbocycles. The van der Waals surface area contributed by atoms with Crippen molar-refractivity contribution in [3.63, 3.8) is 0 Å². The minimum absolute atomic E-state index is 0.157. The average molecular weight is 302 g/mol. The average Bonchev–Trinajstić information content (AvgIpc) is 3.05. The van der Waals surface area contributed by atoms with Gasteiger partial charge in [-0.15, -0.1) is 0 Å². The standard InChI is InChI=1S/C18H26N2O2/c21-18(16-7-12-22-13-8-16)19-9-11-20-10-6-17(14-20)15-4-2-1-3-5-15/h1-5,16-17H,6-14H2,(H,19,21)/t17-/m1/s1. The fourth-order valence-electron chi connectivity index (χ4n) is 3.47. The molecule has 1 aromatic rings. The van der Waals surface area contributed by atoms with Crippen LogP contribution in [0, 0.1) is 5.92 Å².